The molecule has 136 valence electrons. The van der Waals surface area contributed by atoms with Gasteiger partial charge in [0.1, 0.15) is 0 Å². The third kappa shape index (κ3) is 3.23. The van der Waals surface area contributed by atoms with Crippen LogP contribution in [0, 0.1) is 0 Å². The highest BCUT2D eigenvalue weighted by Crippen LogP contribution is 2.29. The number of aliphatic hydroxyl groups excluding tert-OH is 1. The maximum absolute atomic E-state index is 11.5. The summed E-state index contributed by atoms with van der Waals surface area (Å²) in [5.74, 6) is 0. The third-order valence-corrected chi connectivity index (χ3v) is 5.38. The molecule has 3 N–H and O–H groups in total. The van der Waals surface area contributed by atoms with Crippen molar-refractivity contribution in [3.63, 3.8) is 0 Å². The fourth-order valence-electron chi connectivity index (χ4n) is 3.12. The Balaban J connectivity index is 1.87. The first kappa shape index (κ1) is 17.4. The summed E-state index contributed by atoms with van der Waals surface area (Å²) < 4.78 is 24.6. The molecule has 7 heteroatoms. The van der Waals surface area contributed by atoms with E-state index >= 15 is 0 Å². The molecule has 3 aromatic carbocycles. The van der Waals surface area contributed by atoms with E-state index in [1.54, 1.807) is 23.0 Å². The van der Waals surface area contributed by atoms with Crippen LogP contribution in [0.15, 0.2) is 77.8 Å². The highest BCUT2D eigenvalue weighted by atomic mass is 32.2. The first-order chi connectivity index (χ1) is 13.0. The van der Waals surface area contributed by atoms with Crippen LogP contribution in [0.1, 0.15) is 5.56 Å². The van der Waals surface area contributed by atoms with Gasteiger partial charge in [0.05, 0.1) is 29.1 Å². The first-order valence-electron chi connectivity index (χ1n) is 8.27. The molecule has 1 aromatic heterocycles. The molecule has 0 aliphatic carbocycles. The summed E-state index contributed by atoms with van der Waals surface area (Å²) in [4.78, 5) is 0.0352. The van der Waals surface area contributed by atoms with E-state index in [0.29, 0.717) is 11.3 Å². The molecular formula is C20H17N3O3S. The van der Waals surface area contributed by atoms with Crippen LogP contribution in [0.3, 0.4) is 0 Å². The van der Waals surface area contributed by atoms with E-state index in [1.807, 2.05) is 42.5 Å². The highest BCUT2D eigenvalue weighted by Gasteiger charge is 2.15. The van der Waals surface area contributed by atoms with E-state index in [0.717, 1.165) is 22.0 Å². The molecule has 27 heavy (non-hydrogen) atoms. The lowest BCUT2D eigenvalue weighted by Gasteiger charge is -2.11. The summed E-state index contributed by atoms with van der Waals surface area (Å²) in [5, 5.41) is 21.5. The Morgan fingerprint density at radius 1 is 0.963 bits per heavy atom. The average molecular weight is 379 g/mol. The molecule has 4 rings (SSSR count). The molecule has 0 saturated carbocycles. The lowest BCUT2D eigenvalue weighted by molar-refractivity contribution is 0.282. The van der Waals surface area contributed by atoms with E-state index in [9.17, 15) is 13.5 Å². The topological polar surface area (TPSA) is 98.2 Å². The van der Waals surface area contributed by atoms with Gasteiger partial charge in [-0.2, -0.15) is 5.10 Å². The summed E-state index contributed by atoms with van der Waals surface area (Å²) >= 11 is 0. The Labute approximate surface area is 156 Å². The second-order valence-electron chi connectivity index (χ2n) is 6.19. The quantitative estimate of drug-likeness (QED) is 0.570. The molecular weight excluding hydrogens is 362 g/mol. The van der Waals surface area contributed by atoms with Crippen molar-refractivity contribution in [2.24, 2.45) is 5.14 Å². The number of benzene rings is 3. The summed E-state index contributed by atoms with van der Waals surface area (Å²) in [7, 11) is -3.76. The van der Waals surface area contributed by atoms with Crippen molar-refractivity contribution >= 4 is 20.8 Å². The molecule has 0 aliphatic rings. The van der Waals surface area contributed by atoms with E-state index < -0.39 is 10.0 Å². The average Bonchev–Trinajstić information content (AvgIpc) is 3.11. The highest BCUT2D eigenvalue weighted by molar-refractivity contribution is 7.89. The zero-order valence-corrected chi connectivity index (χ0v) is 15.1. The number of rotatable bonds is 4. The Morgan fingerprint density at radius 2 is 1.67 bits per heavy atom. The molecule has 6 nitrogen and oxygen atoms in total. The van der Waals surface area contributed by atoms with Gasteiger partial charge in [0.15, 0.2) is 0 Å². The van der Waals surface area contributed by atoms with Crippen LogP contribution >= 0.6 is 0 Å². The first-order valence-corrected chi connectivity index (χ1v) is 9.82. The van der Waals surface area contributed by atoms with E-state index in [-0.39, 0.29) is 11.5 Å². The van der Waals surface area contributed by atoms with Crippen LogP contribution in [0.5, 0.6) is 0 Å². The normalized spacial score (nSPS) is 11.8. The summed E-state index contributed by atoms with van der Waals surface area (Å²) in [6.07, 6.45) is 1.61. The second kappa shape index (κ2) is 6.62. The predicted molar refractivity (Wildman–Crippen MR) is 104 cm³/mol. The van der Waals surface area contributed by atoms with Crippen LogP contribution in [0.2, 0.25) is 0 Å². The van der Waals surface area contributed by atoms with E-state index in [1.165, 1.54) is 12.1 Å². The van der Waals surface area contributed by atoms with Gasteiger partial charge in [-0.1, -0.05) is 36.4 Å². The zero-order valence-electron chi connectivity index (χ0n) is 14.3. The van der Waals surface area contributed by atoms with Crippen LogP contribution in [0.4, 0.5) is 0 Å². The van der Waals surface area contributed by atoms with Crippen molar-refractivity contribution < 1.29 is 13.5 Å². The number of aliphatic hydroxyl groups is 1. The minimum atomic E-state index is -3.76. The van der Waals surface area contributed by atoms with Crippen molar-refractivity contribution in [1.29, 1.82) is 0 Å². The van der Waals surface area contributed by atoms with Crippen LogP contribution in [-0.4, -0.2) is 23.3 Å². The number of fused-ring (bicyclic) bond motifs is 1. The van der Waals surface area contributed by atoms with Crippen molar-refractivity contribution in [2.45, 2.75) is 11.5 Å². The Bertz CT molecular complexity index is 1230. The Kier molecular flexibility index (Phi) is 4.27. The molecule has 0 atom stereocenters. The van der Waals surface area contributed by atoms with Gasteiger partial charge < -0.3 is 5.11 Å². The monoisotopic (exact) mass is 379 g/mol. The van der Waals surface area contributed by atoms with Gasteiger partial charge in [0, 0.05) is 11.1 Å². The molecule has 0 unspecified atom stereocenters. The number of nitrogens with two attached hydrogens (primary N) is 1. The van der Waals surface area contributed by atoms with Crippen LogP contribution in [-0.2, 0) is 16.6 Å². The van der Waals surface area contributed by atoms with Gasteiger partial charge in [-0.15, -0.1) is 0 Å². The fourth-order valence-corrected chi connectivity index (χ4v) is 3.63. The number of nitrogens with zero attached hydrogens (tertiary/aromatic N) is 2. The molecule has 0 aliphatic heterocycles. The molecule has 0 saturated heterocycles. The molecule has 0 bridgehead atoms. The number of primary sulfonamides is 1. The lowest BCUT2D eigenvalue weighted by atomic mass is 10.0. The second-order valence-corrected chi connectivity index (χ2v) is 7.75. The minimum absolute atomic E-state index is 0.0352. The van der Waals surface area contributed by atoms with Gasteiger partial charge >= 0.3 is 0 Å². The van der Waals surface area contributed by atoms with E-state index in [2.05, 4.69) is 5.10 Å². The summed E-state index contributed by atoms with van der Waals surface area (Å²) in [5.41, 5.74) is 3.02. The lowest BCUT2D eigenvalue weighted by Crippen LogP contribution is -2.12. The number of sulfonamides is 1. The number of hydrogen-bond donors (Lipinski definition) is 2. The van der Waals surface area contributed by atoms with Crippen molar-refractivity contribution in [3.05, 3.63) is 78.5 Å². The van der Waals surface area contributed by atoms with Crippen molar-refractivity contribution in [3.8, 4) is 16.9 Å². The molecule has 0 amide bonds. The van der Waals surface area contributed by atoms with Crippen LogP contribution in [0.25, 0.3) is 27.7 Å². The molecule has 0 fully saturated rings. The molecule has 1 heterocycles. The number of aromatic nitrogens is 2. The smallest absolute Gasteiger partial charge is 0.238 e. The fraction of sp³-hybridized carbons (Fsp3) is 0.0500. The minimum Gasteiger partial charge on any atom is -0.392 e. The maximum atomic E-state index is 11.5. The summed E-state index contributed by atoms with van der Waals surface area (Å²) in [6.45, 7) is -0.155. The largest absolute Gasteiger partial charge is 0.392 e. The van der Waals surface area contributed by atoms with Crippen molar-refractivity contribution in [1.82, 2.24) is 9.78 Å². The zero-order chi connectivity index (χ0) is 19.0. The van der Waals surface area contributed by atoms with Gasteiger partial charge in [-0.25, -0.2) is 18.2 Å². The van der Waals surface area contributed by atoms with Crippen molar-refractivity contribution in [2.75, 3.05) is 0 Å². The predicted octanol–water partition coefficient (Wildman–Crippen LogP) is 2.83. The van der Waals surface area contributed by atoms with E-state index in [4.69, 9.17) is 5.14 Å². The SMILES string of the molecule is NS(=O)(=O)c1ccc(-n2ncc(CO)c2-c2ccc3ccccc3c2)cc1. The third-order valence-electron chi connectivity index (χ3n) is 4.45. The Morgan fingerprint density at radius 3 is 2.33 bits per heavy atom. The van der Waals surface area contributed by atoms with Gasteiger partial charge in [-0.3, -0.25) is 0 Å². The molecule has 0 spiro atoms. The standard InChI is InChI=1S/C20H17N3O3S/c21-27(25,26)19-9-7-18(8-10-19)23-20(17(13-24)12-22-23)16-6-5-14-3-1-2-4-15(14)11-16/h1-12,24H,13H2,(H2,21,25,26). The van der Waals surface area contributed by atoms with Gasteiger partial charge in [0.25, 0.3) is 0 Å². The number of hydrogen-bond acceptors (Lipinski definition) is 4. The van der Waals surface area contributed by atoms with Gasteiger partial charge in [-0.05, 0) is 41.1 Å². The summed E-state index contributed by atoms with van der Waals surface area (Å²) in [6, 6.07) is 20.2. The van der Waals surface area contributed by atoms with Gasteiger partial charge in [0.2, 0.25) is 10.0 Å². The van der Waals surface area contributed by atoms with Crippen LogP contribution < -0.4 is 5.14 Å². The molecule has 4 aromatic rings. The molecule has 0 radical (unpaired) electrons. The maximum Gasteiger partial charge on any atom is 0.238 e. The Hall–Kier alpha value is -3.00.